The predicted molar refractivity (Wildman–Crippen MR) is 91.9 cm³/mol. The summed E-state index contributed by atoms with van der Waals surface area (Å²) in [6, 6.07) is 3.66. The predicted octanol–water partition coefficient (Wildman–Crippen LogP) is 2.66. The first kappa shape index (κ1) is 17.9. The van der Waals surface area contributed by atoms with Crippen molar-refractivity contribution in [2.75, 3.05) is 0 Å². The summed E-state index contributed by atoms with van der Waals surface area (Å²) in [6.45, 7) is 5.15. The molecular weight excluding hydrogens is 342 g/mol. The quantitative estimate of drug-likeness (QED) is 0.875. The first-order valence-corrected chi connectivity index (χ1v) is 9.88. The van der Waals surface area contributed by atoms with Crippen molar-refractivity contribution in [2.45, 2.75) is 63.5 Å². The molecular formula is C17H23N3O4S. The van der Waals surface area contributed by atoms with E-state index in [2.05, 4.69) is 14.9 Å². The van der Waals surface area contributed by atoms with Gasteiger partial charge in [0.05, 0.1) is 11.8 Å². The minimum Gasteiger partial charge on any atom is -0.489 e. The van der Waals surface area contributed by atoms with Crippen LogP contribution in [0.3, 0.4) is 0 Å². The maximum absolute atomic E-state index is 12.6. The van der Waals surface area contributed by atoms with Crippen molar-refractivity contribution < 1.29 is 17.7 Å². The highest BCUT2D eigenvalue weighted by atomic mass is 32.2. The Hall–Kier alpha value is -1.93. The average molecular weight is 365 g/mol. The van der Waals surface area contributed by atoms with Gasteiger partial charge in [-0.1, -0.05) is 5.16 Å². The number of hydrogen-bond acceptors (Lipinski definition) is 6. The van der Waals surface area contributed by atoms with E-state index in [1.807, 2.05) is 19.1 Å². The molecule has 0 bridgehead atoms. The zero-order valence-electron chi connectivity index (χ0n) is 14.7. The fourth-order valence-electron chi connectivity index (χ4n) is 3.21. The number of rotatable bonds is 5. The Morgan fingerprint density at radius 2 is 1.88 bits per heavy atom. The van der Waals surface area contributed by atoms with Crippen LogP contribution in [0.15, 0.2) is 27.7 Å². The van der Waals surface area contributed by atoms with E-state index in [1.165, 1.54) is 0 Å². The number of nitrogens with zero attached hydrogens (tertiary/aromatic N) is 2. The van der Waals surface area contributed by atoms with Crippen molar-refractivity contribution in [2.24, 2.45) is 0 Å². The van der Waals surface area contributed by atoms with Crippen LogP contribution >= 0.6 is 0 Å². The molecule has 2 aromatic rings. The lowest BCUT2D eigenvalue weighted by Gasteiger charge is -2.29. The number of nitrogens with one attached hydrogen (secondary N) is 1. The van der Waals surface area contributed by atoms with Gasteiger partial charge in [-0.2, -0.15) is 0 Å². The number of ether oxygens (including phenoxy) is 1. The Kier molecular flexibility index (Phi) is 5.10. The molecule has 2 heterocycles. The van der Waals surface area contributed by atoms with E-state index in [4.69, 9.17) is 9.26 Å². The standard InChI is InChI=1S/C17H23N3O4S/c1-11-16(5-4-10-18-11)23-15-8-6-14(7-9-15)20-25(21,22)17-12(2)19-24-13(17)3/h4-5,10,14-15,20H,6-9H2,1-3H3. The summed E-state index contributed by atoms with van der Waals surface area (Å²) in [5.74, 6) is 1.11. The van der Waals surface area contributed by atoms with E-state index in [9.17, 15) is 8.42 Å². The highest BCUT2D eigenvalue weighted by molar-refractivity contribution is 7.89. The smallest absolute Gasteiger partial charge is 0.246 e. The third-order valence-corrected chi connectivity index (χ3v) is 6.25. The van der Waals surface area contributed by atoms with Crippen molar-refractivity contribution in [3.63, 3.8) is 0 Å². The number of hydrogen-bond donors (Lipinski definition) is 1. The average Bonchev–Trinajstić information content (AvgIpc) is 2.91. The minimum atomic E-state index is -3.62. The number of sulfonamides is 1. The van der Waals surface area contributed by atoms with Crippen molar-refractivity contribution in [1.29, 1.82) is 0 Å². The highest BCUT2D eigenvalue weighted by Crippen LogP contribution is 2.27. The highest BCUT2D eigenvalue weighted by Gasteiger charge is 2.30. The molecule has 1 fully saturated rings. The number of pyridine rings is 1. The van der Waals surface area contributed by atoms with Gasteiger partial charge in [-0.25, -0.2) is 13.1 Å². The molecule has 8 heteroatoms. The molecule has 0 aromatic carbocycles. The summed E-state index contributed by atoms with van der Waals surface area (Å²) < 4.78 is 38.9. The first-order valence-electron chi connectivity index (χ1n) is 8.40. The van der Waals surface area contributed by atoms with Gasteiger partial charge in [0.15, 0.2) is 5.76 Å². The third kappa shape index (κ3) is 4.01. The van der Waals surface area contributed by atoms with Gasteiger partial charge in [-0.15, -0.1) is 0 Å². The molecule has 1 aliphatic carbocycles. The minimum absolute atomic E-state index is 0.0859. The summed E-state index contributed by atoms with van der Waals surface area (Å²) in [7, 11) is -3.62. The van der Waals surface area contributed by atoms with Gasteiger partial charge >= 0.3 is 0 Å². The van der Waals surface area contributed by atoms with Gasteiger partial charge < -0.3 is 9.26 Å². The molecule has 0 saturated heterocycles. The van der Waals surface area contributed by atoms with Crippen LogP contribution in [0, 0.1) is 20.8 Å². The van der Waals surface area contributed by atoms with E-state index in [0.29, 0.717) is 11.5 Å². The van der Waals surface area contributed by atoms with Gasteiger partial charge in [0.1, 0.15) is 16.3 Å². The molecule has 0 atom stereocenters. The van der Waals surface area contributed by atoms with Crippen molar-refractivity contribution in [3.8, 4) is 5.75 Å². The van der Waals surface area contributed by atoms with E-state index in [-0.39, 0.29) is 17.0 Å². The summed E-state index contributed by atoms with van der Waals surface area (Å²) >= 11 is 0. The maximum atomic E-state index is 12.6. The molecule has 136 valence electrons. The molecule has 0 aliphatic heterocycles. The summed E-state index contributed by atoms with van der Waals surface area (Å²) in [5, 5.41) is 3.72. The van der Waals surface area contributed by atoms with E-state index in [1.54, 1.807) is 20.0 Å². The van der Waals surface area contributed by atoms with Crippen LogP contribution in [0.25, 0.3) is 0 Å². The second-order valence-corrected chi connectivity index (χ2v) is 8.10. The van der Waals surface area contributed by atoms with Crippen LogP contribution in [-0.4, -0.2) is 30.7 Å². The van der Waals surface area contributed by atoms with Gasteiger partial charge in [-0.3, -0.25) is 4.98 Å². The lowest BCUT2D eigenvalue weighted by atomic mass is 9.93. The van der Waals surface area contributed by atoms with Gasteiger partial charge in [0.2, 0.25) is 10.0 Å². The molecule has 2 aromatic heterocycles. The fourth-order valence-corrected chi connectivity index (χ4v) is 4.84. The summed E-state index contributed by atoms with van der Waals surface area (Å²) in [5.41, 5.74) is 1.25. The zero-order chi connectivity index (χ0) is 18.0. The van der Waals surface area contributed by atoms with Gasteiger partial charge in [0.25, 0.3) is 0 Å². The molecule has 3 rings (SSSR count). The van der Waals surface area contributed by atoms with Gasteiger partial charge in [-0.05, 0) is 58.6 Å². The number of aromatic nitrogens is 2. The molecule has 1 aliphatic rings. The Bertz CT molecular complexity index is 820. The van der Waals surface area contributed by atoms with Gasteiger partial charge in [0, 0.05) is 12.2 Å². The Morgan fingerprint density at radius 1 is 1.16 bits per heavy atom. The zero-order valence-corrected chi connectivity index (χ0v) is 15.5. The molecule has 1 saturated carbocycles. The molecule has 25 heavy (non-hydrogen) atoms. The molecule has 0 spiro atoms. The molecule has 1 N–H and O–H groups in total. The maximum Gasteiger partial charge on any atom is 0.246 e. The van der Waals surface area contributed by atoms with Crippen molar-refractivity contribution in [1.82, 2.24) is 14.9 Å². The topological polar surface area (TPSA) is 94.3 Å². The molecule has 0 unspecified atom stereocenters. The first-order chi connectivity index (χ1) is 11.9. The summed E-state index contributed by atoms with van der Waals surface area (Å²) in [6.07, 6.45) is 4.87. The van der Waals surface area contributed by atoms with Crippen molar-refractivity contribution >= 4 is 10.0 Å². The van der Waals surface area contributed by atoms with Crippen LogP contribution in [0.4, 0.5) is 0 Å². The number of aryl methyl sites for hydroxylation is 3. The monoisotopic (exact) mass is 365 g/mol. The second kappa shape index (κ2) is 7.13. The van der Waals surface area contributed by atoms with Crippen LogP contribution in [-0.2, 0) is 10.0 Å². The normalized spacial score (nSPS) is 21.2. The largest absolute Gasteiger partial charge is 0.489 e. The Labute approximate surface area is 147 Å². The van der Waals surface area contributed by atoms with Crippen LogP contribution in [0.5, 0.6) is 5.75 Å². The fraction of sp³-hybridized carbons (Fsp3) is 0.529. The summed E-state index contributed by atoms with van der Waals surface area (Å²) in [4.78, 5) is 4.37. The van der Waals surface area contributed by atoms with Crippen molar-refractivity contribution in [3.05, 3.63) is 35.5 Å². The second-order valence-electron chi connectivity index (χ2n) is 6.45. The molecule has 0 amide bonds. The van der Waals surface area contributed by atoms with E-state index >= 15 is 0 Å². The third-order valence-electron chi connectivity index (χ3n) is 4.48. The lowest BCUT2D eigenvalue weighted by Crippen LogP contribution is -2.40. The van der Waals surface area contributed by atoms with Crippen LogP contribution < -0.4 is 9.46 Å². The van der Waals surface area contributed by atoms with Crippen LogP contribution in [0.2, 0.25) is 0 Å². The SMILES string of the molecule is Cc1ncccc1OC1CCC(NS(=O)(=O)c2c(C)noc2C)CC1. The molecule has 0 radical (unpaired) electrons. The lowest BCUT2D eigenvalue weighted by molar-refractivity contribution is 0.142. The Balaban J connectivity index is 1.59. The van der Waals surface area contributed by atoms with E-state index < -0.39 is 10.0 Å². The Morgan fingerprint density at radius 3 is 2.48 bits per heavy atom. The van der Waals surface area contributed by atoms with Crippen LogP contribution in [0.1, 0.15) is 42.8 Å². The van der Waals surface area contributed by atoms with E-state index in [0.717, 1.165) is 37.1 Å². The molecule has 7 nitrogen and oxygen atoms in total.